The Labute approximate surface area is 98.4 Å². The van der Waals surface area contributed by atoms with Gasteiger partial charge in [-0.25, -0.2) is 0 Å². The lowest BCUT2D eigenvalue weighted by Crippen LogP contribution is -2.24. The Morgan fingerprint density at radius 3 is 2.31 bits per heavy atom. The first kappa shape index (κ1) is 15.8. The van der Waals surface area contributed by atoms with E-state index in [1.54, 1.807) is 0 Å². The van der Waals surface area contributed by atoms with E-state index in [-0.39, 0.29) is 12.1 Å². The molecule has 0 aliphatic rings. The number of hydrogen-bond acceptors (Lipinski definition) is 5. The average Bonchev–Trinajstić information content (AvgIpc) is 2.23. The smallest absolute Gasteiger partial charge is 0.0781 e. The molecule has 0 amide bonds. The van der Waals surface area contributed by atoms with Crippen molar-refractivity contribution in [1.82, 2.24) is 0 Å². The Morgan fingerprint density at radius 1 is 1.00 bits per heavy atom. The summed E-state index contributed by atoms with van der Waals surface area (Å²) in [4.78, 5) is 0. The van der Waals surface area contributed by atoms with Crippen LogP contribution in [0.25, 0.3) is 0 Å². The molecular formula is C11H26N2O3. The minimum atomic E-state index is 0.0806. The topological polar surface area (TPSA) is 79.7 Å². The van der Waals surface area contributed by atoms with Crippen LogP contribution in [0.1, 0.15) is 20.3 Å². The van der Waals surface area contributed by atoms with Crippen LogP contribution in [0.3, 0.4) is 0 Å². The molecule has 0 fully saturated rings. The van der Waals surface area contributed by atoms with E-state index in [0.717, 1.165) is 6.42 Å². The molecule has 0 saturated carbocycles. The SMILES string of the molecule is CC(N)COCCOC(C)COCCCN. The fraction of sp³-hybridized carbons (Fsp3) is 1.00. The van der Waals surface area contributed by atoms with Crippen molar-refractivity contribution >= 4 is 0 Å². The van der Waals surface area contributed by atoms with Gasteiger partial charge in [0.15, 0.2) is 0 Å². The molecule has 0 spiro atoms. The van der Waals surface area contributed by atoms with Crippen LogP contribution in [-0.4, -0.2) is 51.7 Å². The second kappa shape index (κ2) is 11.3. The van der Waals surface area contributed by atoms with Gasteiger partial charge in [-0.2, -0.15) is 0 Å². The van der Waals surface area contributed by atoms with E-state index in [2.05, 4.69) is 0 Å². The summed E-state index contributed by atoms with van der Waals surface area (Å²) in [6.45, 7) is 7.59. The first-order valence-electron chi connectivity index (χ1n) is 5.89. The monoisotopic (exact) mass is 234 g/mol. The molecule has 0 aromatic heterocycles. The maximum Gasteiger partial charge on any atom is 0.0781 e. The molecule has 5 heteroatoms. The molecule has 5 nitrogen and oxygen atoms in total. The minimum Gasteiger partial charge on any atom is -0.379 e. The van der Waals surface area contributed by atoms with Crippen LogP contribution in [0, 0.1) is 0 Å². The van der Waals surface area contributed by atoms with Crippen molar-refractivity contribution in [3.63, 3.8) is 0 Å². The minimum absolute atomic E-state index is 0.0806. The van der Waals surface area contributed by atoms with Crippen molar-refractivity contribution in [2.24, 2.45) is 11.5 Å². The molecule has 0 heterocycles. The number of rotatable bonds is 11. The van der Waals surface area contributed by atoms with E-state index in [1.165, 1.54) is 0 Å². The normalized spacial score (nSPS) is 15.0. The Balaban J connectivity index is 3.14. The van der Waals surface area contributed by atoms with Crippen molar-refractivity contribution < 1.29 is 14.2 Å². The summed E-state index contributed by atoms with van der Waals surface area (Å²) in [5.74, 6) is 0. The fourth-order valence-corrected chi connectivity index (χ4v) is 1.06. The second-order valence-electron chi connectivity index (χ2n) is 3.95. The van der Waals surface area contributed by atoms with E-state index in [4.69, 9.17) is 25.7 Å². The van der Waals surface area contributed by atoms with Crippen LogP contribution in [-0.2, 0) is 14.2 Å². The van der Waals surface area contributed by atoms with Crippen molar-refractivity contribution in [3.8, 4) is 0 Å². The van der Waals surface area contributed by atoms with Crippen LogP contribution < -0.4 is 11.5 Å². The second-order valence-corrected chi connectivity index (χ2v) is 3.95. The summed E-state index contributed by atoms with van der Waals surface area (Å²) in [6.07, 6.45) is 0.987. The van der Waals surface area contributed by atoms with Crippen LogP contribution in [0.15, 0.2) is 0 Å². The molecule has 2 unspecified atom stereocenters. The fourth-order valence-electron chi connectivity index (χ4n) is 1.06. The first-order valence-corrected chi connectivity index (χ1v) is 5.89. The van der Waals surface area contributed by atoms with Gasteiger partial charge in [0.05, 0.1) is 32.5 Å². The lowest BCUT2D eigenvalue weighted by atomic mass is 10.4. The average molecular weight is 234 g/mol. The van der Waals surface area contributed by atoms with Gasteiger partial charge in [0, 0.05) is 12.6 Å². The van der Waals surface area contributed by atoms with Crippen molar-refractivity contribution in [2.45, 2.75) is 32.4 Å². The van der Waals surface area contributed by atoms with Gasteiger partial charge in [0.2, 0.25) is 0 Å². The van der Waals surface area contributed by atoms with Gasteiger partial charge in [-0.15, -0.1) is 0 Å². The standard InChI is InChI=1S/C11H26N2O3/c1-10(13)8-15-6-7-16-11(2)9-14-5-3-4-12/h10-11H,3-9,12-13H2,1-2H3. The zero-order valence-electron chi connectivity index (χ0n) is 10.5. The number of ether oxygens (including phenoxy) is 3. The summed E-state index contributed by atoms with van der Waals surface area (Å²) >= 11 is 0. The van der Waals surface area contributed by atoms with Gasteiger partial charge in [-0.1, -0.05) is 0 Å². The van der Waals surface area contributed by atoms with Crippen molar-refractivity contribution in [3.05, 3.63) is 0 Å². The Morgan fingerprint density at radius 2 is 1.69 bits per heavy atom. The van der Waals surface area contributed by atoms with Crippen LogP contribution in [0.5, 0.6) is 0 Å². The van der Waals surface area contributed by atoms with Crippen LogP contribution in [0.2, 0.25) is 0 Å². The molecule has 2 atom stereocenters. The molecule has 0 aliphatic heterocycles. The molecule has 0 aromatic carbocycles. The molecule has 0 rings (SSSR count). The number of hydrogen-bond donors (Lipinski definition) is 2. The molecule has 0 radical (unpaired) electrons. The highest BCUT2D eigenvalue weighted by atomic mass is 16.5. The highest BCUT2D eigenvalue weighted by Gasteiger charge is 2.02. The summed E-state index contributed by atoms with van der Waals surface area (Å²) < 4.78 is 16.1. The summed E-state index contributed by atoms with van der Waals surface area (Å²) in [7, 11) is 0. The first-order chi connectivity index (χ1) is 7.66. The van der Waals surface area contributed by atoms with Crippen molar-refractivity contribution in [1.29, 1.82) is 0 Å². The predicted molar refractivity (Wildman–Crippen MR) is 64.4 cm³/mol. The molecule has 4 N–H and O–H groups in total. The van der Waals surface area contributed by atoms with Crippen molar-refractivity contribution in [2.75, 3.05) is 39.6 Å². The van der Waals surface area contributed by atoms with E-state index >= 15 is 0 Å². The van der Waals surface area contributed by atoms with E-state index in [1.807, 2.05) is 13.8 Å². The predicted octanol–water partition coefficient (Wildman–Crippen LogP) is 0.121. The largest absolute Gasteiger partial charge is 0.379 e. The molecule has 0 bridgehead atoms. The molecule has 16 heavy (non-hydrogen) atoms. The Kier molecular flexibility index (Phi) is 11.1. The molecule has 0 aliphatic carbocycles. The third kappa shape index (κ3) is 11.9. The maximum absolute atomic E-state index is 5.53. The van der Waals surface area contributed by atoms with E-state index < -0.39 is 0 Å². The quantitative estimate of drug-likeness (QED) is 0.496. The molecule has 0 saturated heterocycles. The van der Waals surface area contributed by atoms with Gasteiger partial charge in [-0.05, 0) is 26.8 Å². The molecule has 0 aromatic rings. The molecule has 98 valence electrons. The summed E-state index contributed by atoms with van der Waals surface area (Å²) in [5.41, 5.74) is 10.9. The Hall–Kier alpha value is -0.200. The summed E-state index contributed by atoms with van der Waals surface area (Å²) in [5, 5.41) is 0. The van der Waals surface area contributed by atoms with Gasteiger partial charge in [0.25, 0.3) is 0 Å². The van der Waals surface area contributed by atoms with Gasteiger partial charge in [0.1, 0.15) is 0 Å². The summed E-state index contributed by atoms with van der Waals surface area (Å²) in [6, 6.07) is 0.0806. The zero-order chi connectivity index (χ0) is 12.2. The van der Waals surface area contributed by atoms with Gasteiger partial charge < -0.3 is 25.7 Å². The lowest BCUT2D eigenvalue weighted by molar-refractivity contribution is -0.0306. The lowest BCUT2D eigenvalue weighted by Gasteiger charge is -2.13. The zero-order valence-corrected chi connectivity index (χ0v) is 10.5. The van der Waals surface area contributed by atoms with Crippen LogP contribution >= 0.6 is 0 Å². The van der Waals surface area contributed by atoms with Gasteiger partial charge in [-0.3, -0.25) is 0 Å². The maximum atomic E-state index is 5.53. The highest BCUT2D eigenvalue weighted by molar-refractivity contribution is 4.50. The molecular weight excluding hydrogens is 208 g/mol. The third-order valence-electron chi connectivity index (χ3n) is 1.86. The van der Waals surface area contributed by atoms with Gasteiger partial charge >= 0.3 is 0 Å². The Bertz CT molecular complexity index is 145. The van der Waals surface area contributed by atoms with E-state index in [9.17, 15) is 0 Å². The third-order valence-corrected chi connectivity index (χ3v) is 1.86. The highest BCUT2D eigenvalue weighted by Crippen LogP contribution is 1.93. The van der Waals surface area contributed by atoms with Crippen LogP contribution in [0.4, 0.5) is 0 Å². The van der Waals surface area contributed by atoms with E-state index in [0.29, 0.717) is 39.6 Å². The number of nitrogens with two attached hydrogens (primary N) is 2.